The van der Waals surface area contributed by atoms with Crippen molar-refractivity contribution in [3.8, 4) is 0 Å². The first kappa shape index (κ1) is 13.4. The summed E-state index contributed by atoms with van der Waals surface area (Å²) in [5.41, 5.74) is 2.31. The molecule has 1 aliphatic heterocycles. The van der Waals surface area contributed by atoms with E-state index in [1.807, 2.05) is 42.1 Å². The largest absolute Gasteiger partial charge is 0.294 e. The van der Waals surface area contributed by atoms with Crippen LogP contribution in [-0.2, 0) is 6.42 Å². The monoisotopic (exact) mass is 282 g/mol. The summed E-state index contributed by atoms with van der Waals surface area (Å²) < 4.78 is 0. The molecule has 0 saturated carbocycles. The zero-order valence-corrected chi connectivity index (χ0v) is 12.2. The molecular formula is C18H18OS. The summed E-state index contributed by atoms with van der Waals surface area (Å²) in [6, 6.07) is 18.3. The second kappa shape index (κ2) is 6.27. The van der Waals surface area contributed by atoms with Crippen molar-refractivity contribution in [2.45, 2.75) is 35.8 Å². The molecule has 3 rings (SSSR count). The number of Topliss-reactive ketones (excluding diaryl/α,β-unsaturated/α-hetero) is 1. The maximum atomic E-state index is 12.0. The first-order valence-corrected chi connectivity index (χ1v) is 8.04. The molecular weight excluding hydrogens is 264 g/mol. The summed E-state index contributed by atoms with van der Waals surface area (Å²) in [5.74, 6) is 0.270. The third-order valence-corrected chi connectivity index (χ3v) is 5.13. The fourth-order valence-corrected chi connectivity index (χ4v) is 4.04. The molecule has 0 saturated heterocycles. The van der Waals surface area contributed by atoms with Crippen LogP contribution >= 0.6 is 11.8 Å². The molecule has 1 heterocycles. The Morgan fingerprint density at radius 1 is 1.05 bits per heavy atom. The molecule has 0 spiro atoms. The molecule has 1 atom stereocenters. The van der Waals surface area contributed by atoms with Crippen molar-refractivity contribution < 1.29 is 4.79 Å². The summed E-state index contributed by atoms with van der Waals surface area (Å²) in [6.45, 7) is 0. The van der Waals surface area contributed by atoms with Gasteiger partial charge in [0, 0.05) is 22.1 Å². The van der Waals surface area contributed by atoms with Gasteiger partial charge in [-0.05, 0) is 30.9 Å². The molecule has 2 aromatic rings. The van der Waals surface area contributed by atoms with Gasteiger partial charge < -0.3 is 0 Å². The smallest absolute Gasteiger partial charge is 0.162 e. The minimum absolute atomic E-state index is 0.270. The van der Waals surface area contributed by atoms with E-state index in [9.17, 15) is 4.79 Å². The predicted octanol–water partition coefficient (Wildman–Crippen LogP) is 4.76. The molecule has 1 nitrogen and oxygen atoms in total. The molecule has 2 aromatic carbocycles. The van der Waals surface area contributed by atoms with Gasteiger partial charge in [-0.3, -0.25) is 4.79 Å². The van der Waals surface area contributed by atoms with Crippen LogP contribution in [0.5, 0.6) is 0 Å². The topological polar surface area (TPSA) is 17.1 Å². The van der Waals surface area contributed by atoms with Gasteiger partial charge in [0.25, 0.3) is 0 Å². The number of carbonyl (C=O) groups excluding carboxylic acids is 1. The van der Waals surface area contributed by atoms with E-state index in [0.717, 1.165) is 24.8 Å². The zero-order chi connectivity index (χ0) is 13.8. The number of benzene rings is 2. The molecule has 0 bridgehead atoms. The summed E-state index contributed by atoms with van der Waals surface area (Å²) in [4.78, 5) is 13.5. The highest BCUT2D eigenvalue weighted by molar-refractivity contribution is 8.00. The second-order valence-corrected chi connectivity index (χ2v) is 6.58. The van der Waals surface area contributed by atoms with Crippen molar-refractivity contribution in [1.29, 1.82) is 0 Å². The lowest BCUT2D eigenvalue weighted by molar-refractivity contribution is 0.0979. The minimum atomic E-state index is 0.270. The van der Waals surface area contributed by atoms with Gasteiger partial charge in [-0.2, -0.15) is 0 Å². The molecule has 1 aliphatic rings. The van der Waals surface area contributed by atoms with Crippen molar-refractivity contribution in [3.63, 3.8) is 0 Å². The number of hydrogen-bond donors (Lipinski definition) is 0. The highest BCUT2D eigenvalue weighted by Gasteiger charge is 2.21. The molecule has 0 fully saturated rings. The Bertz CT molecular complexity index is 566. The zero-order valence-electron chi connectivity index (χ0n) is 11.4. The van der Waals surface area contributed by atoms with Gasteiger partial charge in [0.05, 0.1) is 0 Å². The molecule has 2 heteroatoms. The summed E-state index contributed by atoms with van der Waals surface area (Å²) in [5, 5.41) is 0.649. The molecule has 0 amide bonds. The van der Waals surface area contributed by atoms with Crippen molar-refractivity contribution in [2.75, 3.05) is 0 Å². The summed E-state index contributed by atoms with van der Waals surface area (Å²) in [7, 11) is 0. The molecule has 0 aliphatic carbocycles. The molecule has 0 radical (unpaired) electrons. The quantitative estimate of drug-likeness (QED) is 0.736. The van der Waals surface area contributed by atoms with Crippen LogP contribution in [-0.4, -0.2) is 11.0 Å². The average molecular weight is 282 g/mol. The van der Waals surface area contributed by atoms with E-state index >= 15 is 0 Å². The molecule has 102 valence electrons. The van der Waals surface area contributed by atoms with E-state index < -0.39 is 0 Å². The van der Waals surface area contributed by atoms with Crippen LogP contribution in [0.1, 0.15) is 35.2 Å². The van der Waals surface area contributed by atoms with Gasteiger partial charge in [0.1, 0.15) is 0 Å². The van der Waals surface area contributed by atoms with E-state index in [0.29, 0.717) is 11.7 Å². The molecule has 0 aromatic heterocycles. The van der Waals surface area contributed by atoms with Crippen LogP contribution < -0.4 is 0 Å². The number of rotatable bonds is 5. The second-order valence-electron chi connectivity index (χ2n) is 5.23. The number of carbonyl (C=O) groups is 1. The Kier molecular flexibility index (Phi) is 4.22. The van der Waals surface area contributed by atoms with E-state index in [1.54, 1.807) is 0 Å². The van der Waals surface area contributed by atoms with Crippen LogP contribution in [0, 0.1) is 0 Å². The minimum Gasteiger partial charge on any atom is -0.294 e. The first-order valence-electron chi connectivity index (χ1n) is 7.16. The lowest BCUT2D eigenvalue weighted by atomic mass is 10.0. The number of fused-ring (bicyclic) bond motifs is 1. The standard InChI is InChI=1S/C18H18OS/c19-17(14-7-2-1-3-8-14)11-6-10-16-13-15-9-4-5-12-18(15)20-16/h1-5,7-9,12,16H,6,10-11,13H2. The van der Waals surface area contributed by atoms with Gasteiger partial charge in [-0.25, -0.2) is 0 Å². The van der Waals surface area contributed by atoms with E-state index in [1.165, 1.54) is 10.5 Å². The number of thioether (sulfide) groups is 1. The predicted molar refractivity (Wildman–Crippen MR) is 84.4 cm³/mol. The van der Waals surface area contributed by atoms with Crippen LogP contribution in [0.3, 0.4) is 0 Å². The first-order chi connectivity index (χ1) is 9.83. The van der Waals surface area contributed by atoms with Gasteiger partial charge >= 0.3 is 0 Å². The van der Waals surface area contributed by atoms with Crippen molar-refractivity contribution in [3.05, 3.63) is 65.7 Å². The maximum Gasteiger partial charge on any atom is 0.162 e. The van der Waals surface area contributed by atoms with Gasteiger partial charge in [0.15, 0.2) is 5.78 Å². The Labute approximate surface area is 124 Å². The SMILES string of the molecule is O=C(CCCC1Cc2ccccc2S1)c1ccccc1. The van der Waals surface area contributed by atoms with Crippen LogP contribution in [0.4, 0.5) is 0 Å². The average Bonchev–Trinajstić information content (AvgIpc) is 2.90. The van der Waals surface area contributed by atoms with Gasteiger partial charge in [-0.15, -0.1) is 11.8 Å². The van der Waals surface area contributed by atoms with Crippen molar-refractivity contribution in [1.82, 2.24) is 0 Å². The van der Waals surface area contributed by atoms with Crippen LogP contribution in [0.2, 0.25) is 0 Å². The van der Waals surface area contributed by atoms with E-state index in [2.05, 4.69) is 24.3 Å². The van der Waals surface area contributed by atoms with Crippen LogP contribution in [0.15, 0.2) is 59.5 Å². The van der Waals surface area contributed by atoms with Crippen molar-refractivity contribution >= 4 is 17.5 Å². The lowest BCUT2D eigenvalue weighted by Gasteiger charge is -2.07. The van der Waals surface area contributed by atoms with E-state index in [-0.39, 0.29) is 5.78 Å². The lowest BCUT2D eigenvalue weighted by Crippen LogP contribution is -2.04. The molecule has 20 heavy (non-hydrogen) atoms. The highest BCUT2D eigenvalue weighted by Crippen LogP contribution is 2.38. The van der Waals surface area contributed by atoms with Crippen molar-refractivity contribution in [2.24, 2.45) is 0 Å². The fraction of sp³-hybridized carbons (Fsp3) is 0.278. The number of ketones is 1. The number of hydrogen-bond acceptors (Lipinski definition) is 2. The molecule has 1 unspecified atom stereocenters. The third-order valence-electron chi connectivity index (χ3n) is 3.74. The Hall–Kier alpha value is -1.54. The van der Waals surface area contributed by atoms with Crippen LogP contribution in [0.25, 0.3) is 0 Å². The highest BCUT2D eigenvalue weighted by atomic mass is 32.2. The Morgan fingerprint density at radius 3 is 2.60 bits per heavy atom. The van der Waals surface area contributed by atoms with E-state index in [4.69, 9.17) is 0 Å². The van der Waals surface area contributed by atoms with Gasteiger partial charge in [-0.1, -0.05) is 48.5 Å². The third kappa shape index (κ3) is 3.13. The molecule has 0 N–H and O–H groups in total. The normalized spacial score (nSPS) is 16.9. The van der Waals surface area contributed by atoms with Gasteiger partial charge in [0.2, 0.25) is 0 Å². The Morgan fingerprint density at radius 2 is 1.80 bits per heavy atom. The fourth-order valence-electron chi connectivity index (χ4n) is 2.67. The summed E-state index contributed by atoms with van der Waals surface area (Å²) >= 11 is 1.97. The summed E-state index contributed by atoms with van der Waals surface area (Å²) in [6.07, 6.45) is 3.93. The maximum absolute atomic E-state index is 12.0. The Balaban J connectivity index is 1.47.